The number of para-hydroxylation sites is 1. The Balaban J connectivity index is 0.00000261. The number of aromatic nitrogens is 2. The summed E-state index contributed by atoms with van der Waals surface area (Å²) in [7, 11) is 1.90. The van der Waals surface area contributed by atoms with Gasteiger partial charge in [0.2, 0.25) is 5.91 Å². The van der Waals surface area contributed by atoms with Gasteiger partial charge in [-0.15, -0.1) is 12.4 Å². The highest BCUT2D eigenvalue weighted by molar-refractivity contribution is 5.85. The summed E-state index contributed by atoms with van der Waals surface area (Å²) in [5.74, 6) is 1.46. The van der Waals surface area contributed by atoms with Gasteiger partial charge >= 0.3 is 0 Å². The number of rotatable bonds is 7. The van der Waals surface area contributed by atoms with Crippen LogP contribution in [0.5, 0.6) is 5.75 Å². The maximum Gasteiger partial charge on any atom is 0.225 e. The third kappa shape index (κ3) is 5.47. The molecule has 6 nitrogen and oxygen atoms in total. The number of benzene rings is 1. The second-order valence-corrected chi connectivity index (χ2v) is 7.35. The fourth-order valence-corrected chi connectivity index (χ4v) is 3.30. The lowest BCUT2D eigenvalue weighted by atomic mass is 9.90. The zero-order valence-corrected chi connectivity index (χ0v) is 17.0. The highest BCUT2D eigenvalue weighted by Crippen LogP contribution is 2.28. The van der Waals surface area contributed by atoms with Crippen LogP contribution in [-0.4, -0.2) is 35.4 Å². The predicted molar refractivity (Wildman–Crippen MR) is 108 cm³/mol. The van der Waals surface area contributed by atoms with Gasteiger partial charge in [-0.25, -0.2) is 0 Å². The van der Waals surface area contributed by atoms with E-state index in [2.05, 4.69) is 29.6 Å². The molecule has 0 saturated carbocycles. The van der Waals surface area contributed by atoms with Crippen LogP contribution in [0.3, 0.4) is 0 Å². The van der Waals surface area contributed by atoms with Crippen molar-refractivity contribution in [3.63, 3.8) is 0 Å². The van der Waals surface area contributed by atoms with Crippen LogP contribution < -0.4 is 15.4 Å². The van der Waals surface area contributed by atoms with Gasteiger partial charge in [-0.3, -0.25) is 9.48 Å². The first-order valence-corrected chi connectivity index (χ1v) is 9.22. The molecular weight excluding hydrogens is 364 g/mol. The van der Waals surface area contributed by atoms with E-state index >= 15 is 0 Å². The topological polar surface area (TPSA) is 68.2 Å². The summed E-state index contributed by atoms with van der Waals surface area (Å²) in [4.78, 5) is 12.8. The summed E-state index contributed by atoms with van der Waals surface area (Å²) >= 11 is 0. The molecule has 0 radical (unpaired) electrons. The molecule has 0 unspecified atom stereocenters. The normalized spacial score (nSPS) is 19.0. The van der Waals surface area contributed by atoms with Crippen LogP contribution in [0.25, 0.3) is 0 Å². The van der Waals surface area contributed by atoms with Gasteiger partial charge in [-0.05, 0) is 17.5 Å². The number of ether oxygens (including phenoxy) is 1. The van der Waals surface area contributed by atoms with E-state index in [1.807, 2.05) is 43.7 Å². The number of nitrogens with zero attached hydrogens (tertiary/aromatic N) is 2. The van der Waals surface area contributed by atoms with Crippen molar-refractivity contribution in [3.05, 3.63) is 47.8 Å². The van der Waals surface area contributed by atoms with E-state index in [4.69, 9.17) is 4.74 Å². The van der Waals surface area contributed by atoms with Gasteiger partial charge in [0.1, 0.15) is 5.75 Å². The summed E-state index contributed by atoms with van der Waals surface area (Å²) in [6, 6.07) is 7.89. The van der Waals surface area contributed by atoms with Crippen molar-refractivity contribution in [2.75, 3.05) is 19.7 Å². The monoisotopic (exact) mass is 392 g/mol. The number of nitrogens with one attached hydrogen (secondary N) is 2. The lowest BCUT2D eigenvalue weighted by Gasteiger charge is -2.18. The van der Waals surface area contributed by atoms with Gasteiger partial charge in [0, 0.05) is 44.4 Å². The van der Waals surface area contributed by atoms with E-state index in [1.54, 1.807) is 4.68 Å². The summed E-state index contributed by atoms with van der Waals surface area (Å²) < 4.78 is 7.66. The molecule has 0 aliphatic carbocycles. The number of carbonyl (C=O) groups excluding carboxylic acids is 1. The van der Waals surface area contributed by atoms with Crippen molar-refractivity contribution in [2.45, 2.75) is 26.3 Å². The summed E-state index contributed by atoms with van der Waals surface area (Å²) in [5, 5.41) is 10.7. The minimum atomic E-state index is -0.0806. The molecule has 1 aromatic carbocycles. The molecule has 2 heterocycles. The highest BCUT2D eigenvalue weighted by atomic mass is 35.5. The van der Waals surface area contributed by atoms with Crippen LogP contribution in [-0.2, 0) is 18.4 Å². The molecule has 2 N–H and O–H groups in total. The second-order valence-electron chi connectivity index (χ2n) is 7.35. The van der Waals surface area contributed by atoms with Gasteiger partial charge in [0.05, 0.1) is 18.7 Å². The fourth-order valence-electron chi connectivity index (χ4n) is 3.30. The fraction of sp³-hybridized carbons (Fsp3) is 0.500. The van der Waals surface area contributed by atoms with Crippen LogP contribution in [0, 0.1) is 11.8 Å². The van der Waals surface area contributed by atoms with Crippen LogP contribution in [0.15, 0.2) is 36.7 Å². The molecule has 2 aromatic rings. The van der Waals surface area contributed by atoms with Gasteiger partial charge < -0.3 is 15.4 Å². The SMILES string of the molecule is CC(C)COc1ccccc1CNC(=O)[C@H]1CNC[C@@H]1c1cnn(C)c1.Cl. The number of halogens is 1. The predicted octanol–water partition coefficient (Wildman–Crippen LogP) is 2.50. The van der Waals surface area contributed by atoms with E-state index in [-0.39, 0.29) is 30.2 Å². The lowest BCUT2D eigenvalue weighted by Crippen LogP contribution is -2.34. The Morgan fingerprint density at radius 1 is 1.37 bits per heavy atom. The zero-order chi connectivity index (χ0) is 18.5. The zero-order valence-electron chi connectivity index (χ0n) is 16.1. The van der Waals surface area contributed by atoms with Crippen molar-refractivity contribution >= 4 is 18.3 Å². The Kier molecular flexibility index (Phi) is 7.68. The minimum absolute atomic E-state index is 0. The Labute approximate surface area is 167 Å². The summed E-state index contributed by atoms with van der Waals surface area (Å²) in [6.07, 6.45) is 3.85. The molecule has 3 rings (SSSR count). The van der Waals surface area contributed by atoms with E-state index in [9.17, 15) is 4.79 Å². The van der Waals surface area contributed by atoms with Crippen molar-refractivity contribution in [3.8, 4) is 5.75 Å². The molecule has 1 saturated heterocycles. The smallest absolute Gasteiger partial charge is 0.225 e. The van der Waals surface area contributed by atoms with Gasteiger partial charge in [-0.1, -0.05) is 32.0 Å². The Hall–Kier alpha value is -2.05. The Morgan fingerprint density at radius 3 is 2.85 bits per heavy atom. The van der Waals surface area contributed by atoms with Crippen LogP contribution in [0.4, 0.5) is 0 Å². The average molecular weight is 393 g/mol. The first-order valence-electron chi connectivity index (χ1n) is 9.22. The molecule has 1 aromatic heterocycles. The number of hydrogen-bond acceptors (Lipinski definition) is 4. The van der Waals surface area contributed by atoms with Gasteiger partial charge in [-0.2, -0.15) is 5.10 Å². The van der Waals surface area contributed by atoms with Crippen LogP contribution >= 0.6 is 12.4 Å². The van der Waals surface area contributed by atoms with Crippen molar-refractivity contribution in [1.82, 2.24) is 20.4 Å². The quantitative estimate of drug-likeness (QED) is 0.759. The molecular formula is C20H29ClN4O2. The molecule has 27 heavy (non-hydrogen) atoms. The third-order valence-corrected chi connectivity index (χ3v) is 4.70. The Morgan fingerprint density at radius 2 is 2.15 bits per heavy atom. The number of carbonyl (C=O) groups is 1. The molecule has 1 fully saturated rings. The highest BCUT2D eigenvalue weighted by Gasteiger charge is 2.34. The molecule has 0 bridgehead atoms. The van der Waals surface area contributed by atoms with Crippen molar-refractivity contribution in [2.24, 2.45) is 18.9 Å². The van der Waals surface area contributed by atoms with Crippen LogP contribution in [0.2, 0.25) is 0 Å². The van der Waals surface area contributed by atoms with E-state index in [0.717, 1.165) is 23.4 Å². The lowest BCUT2D eigenvalue weighted by molar-refractivity contribution is -0.125. The van der Waals surface area contributed by atoms with E-state index < -0.39 is 0 Å². The maximum absolute atomic E-state index is 12.8. The molecule has 1 amide bonds. The van der Waals surface area contributed by atoms with Gasteiger partial charge in [0.15, 0.2) is 0 Å². The standard InChI is InChI=1S/C20H28N4O2.ClH/c1-14(2)13-26-19-7-5-4-6-15(19)8-22-20(25)18-11-21-10-17(18)16-9-23-24(3)12-16;/h4-7,9,12,14,17-18,21H,8,10-11,13H2,1-3H3,(H,22,25);1H/t17-,18+;/m1./s1. The molecule has 1 aliphatic heterocycles. The summed E-state index contributed by atoms with van der Waals surface area (Å²) in [6.45, 7) is 6.88. The van der Waals surface area contributed by atoms with Crippen molar-refractivity contribution in [1.29, 1.82) is 0 Å². The summed E-state index contributed by atoms with van der Waals surface area (Å²) in [5.41, 5.74) is 2.11. The number of aryl methyl sites for hydroxylation is 1. The molecule has 0 spiro atoms. The average Bonchev–Trinajstić information content (AvgIpc) is 3.27. The van der Waals surface area contributed by atoms with Gasteiger partial charge in [0.25, 0.3) is 0 Å². The molecule has 2 atom stereocenters. The minimum Gasteiger partial charge on any atom is -0.493 e. The van der Waals surface area contributed by atoms with E-state index in [1.165, 1.54) is 0 Å². The molecule has 7 heteroatoms. The Bertz CT molecular complexity index is 747. The molecule has 148 valence electrons. The number of hydrogen-bond donors (Lipinski definition) is 2. The van der Waals surface area contributed by atoms with Crippen molar-refractivity contribution < 1.29 is 9.53 Å². The molecule has 1 aliphatic rings. The van der Waals surface area contributed by atoms with Crippen LogP contribution in [0.1, 0.15) is 30.9 Å². The number of amides is 1. The first-order chi connectivity index (χ1) is 12.5. The second kappa shape index (κ2) is 9.76. The van der Waals surface area contributed by atoms with E-state index in [0.29, 0.717) is 25.6 Å². The third-order valence-electron chi connectivity index (χ3n) is 4.70. The largest absolute Gasteiger partial charge is 0.493 e. The maximum atomic E-state index is 12.8. The first kappa shape index (κ1) is 21.3.